The van der Waals surface area contributed by atoms with Gasteiger partial charge in [0.05, 0.1) is 6.20 Å². The smallest absolute Gasteiger partial charge is 0.141 e. The molecule has 1 aliphatic heterocycles. The van der Waals surface area contributed by atoms with E-state index in [1.54, 1.807) is 12.3 Å². The van der Waals surface area contributed by atoms with Crippen LogP contribution in [0.25, 0.3) is 0 Å². The fourth-order valence-electron chi connectivity index (χ4n) is 1.98. The van der Waals surface area contributed by atoms with Gasteiger partial charge in [0.25, 0.3) is 0 Å². The van der Waals surface area contributed by atoms with Gasteiger partial charge in [0.1, 0.15) is 5.82 Å². The summed E-state index contributed by atoms with van der Waals surface area (Å²) in [6, 6.07) is 1.54. The van der Waals surface area contributed by atoms with E-state index in [1.807, 2.05) is 0 Å². The summed E-state index contributed by atoms with van der Waals surface area (Å²) in [5.74, 6) is 1.05. The summed E-state index contributed by atoms with van der Waals surface area (Å²) in [5, 5.41) is 0. The molecule has 2 heterocycles. The molecule has 1 aromatic heterocycles. The van der Waals surface area contributed by atoms with Gasteiger partial charge in [-0.15, -0.1) is 11.6 Å². The lowest BCUT2D eigenvalue weighted by Crippen LogP contribution is -2.20. The second kappa shape index (κ2) is 4.90. The van der Waals surface area contributed by atoms with Crippen LogP contribution < -0.4 is 0 Å². The fraction of sp³-hybridized carbons (Fsp3) is 0.545. The van der Waals surface area contributed by atoms with E-state index >= 15 is 0 Å². The van der Waals surface area contributed by atoms with Gasteiger partial charge in [-0.1, -0.05) is 0 Å². The molecule has 0 radical (unpaired) electrons. The van der Waals surface area contributed by atoms with E-state index in [4.69, 9.17) is 11.6 Å². The van der Waals surface area contributed by atoms with Crippen molar-refractivity contribution < 1.29 is 4.39 Å². The van der Waals surface area contributed by atoms with Crippen LogP contribution in [-0.2, 0) is 6.54 Å². The fourth-order valence-corrected chi connectivity index (χ4v) is 2.23. The number of rotatable bonds is 3. The molecule has 2 rings (SSSR count). The van der Waals surface area contributed by atoms with Crippen LogP contribution >= 0.6 is 11.6 Å². The van der Waals surface area contributed by atoms with Crippen molar-refractivity contribution in [1.82, 2.24) is 9.88 Å². The van der Waals surface area contributed by atoms with Crippen molar-refractivity contribution in [1.29, 1.82) is 0 Å². The zero-order valence-electron chi connectivity index (χ0n) is 8.50. The standard InChI is InChI=1S/C11H14ClFN2/c12-4-9-1-2-15(7-9)8-10-3-11(13)6-14-5-10/h3,5-6,9H,1-2,4,7-8H2. The minimum Gasteiger partial charge on any atom is -0.299 e. The Morgan fingerprint density at radius 2 is 2.40 bits per heavy atom. The lowest BCUT2D eigenvalue weighted by atomic mass is 10.2. The van der Waals surface area contributed by atoms with Gasteiger partial charge in [0.2, 0.25) is 0 Å². The molecule has 1 atom stereocenters. The quantitative estimate of drug-likeness (QED) is 0.738. The Kier molecular flexibility index (Phi) is 3.54. The third-order valence-electron chi connectivity index (χ3n) is 2.76. The van der Waals surface area contributed by atoms with Gasteiger partial charge in [-0.2, -0.15) is 0 Å². The second-order valence-electron chi connectivity index (χ2n) is 4.06. The summed E-state index contributed by atoms with van der Waals surface area (Å²) in [4.78, 5) is 6.13. The molecule has 82 valence electrons. The lowest BCUT2D eigenvalue weighted by molar-refractivity contribution is 0.320. The van der Waals surface area contributed by atoms with Crippen molar-refractivity contribution >= 4 is 11.6 Å². The van der Waals surface area contributed by atoms with E-state index < -0.39 is 0 Å². The van der Waals surface area contributed by atoms with Crippen LogP contribution in [0.5, 0.6) is 0 Å². The molecule has 0 aliphatic carbocycles. The average Bonchev–Trinajstić information content (AvgIpc) is 2.65. The van der Waals surface area contributed by atoms with Gasteiger partial charge in [-0.3, -0.25) is 9.88 Å². The molecule has 1 unspecified atom stereocenters. The monoisotopic (exact) mass is 228 g/mol. The van der Waals surface area contributed by atoms with Crippen LogP contribution in [0.2, 0.25) is 0 Å². The highest BCUT2D eigenvalue weighted by Gasteiger charge is 2.21. The minimum atomic E-state index is -0.263. The summed E-state index contributed by atoms with van der Waals surface area (Å²) in [7, 11) is 0. The molecule has 2 nitrogen and oxygen atoms in total. The van der Waals surface area contributed by atoms with Crippen molar-refractivity contribution in [3.63, 3.8) is 0 Å². The Bertz CT molecular complexity index is 332. The van der Waals surface area contributed by atoms with Gasteiger partial charge >= 0.3 is 0 Å². The predicted octanol–water partition coefficient (Wildman–Crippen LogP) is 2.28. The molecule has 0 spiro atoms. The lowest BCUT2D eigenvalue weighted by Gasteiger charge is -2.15. The van der Waals surface area contributed by atoms with E-state index in [1.165, 1.54) is 6.20 Å². The number of pyridine rings is 1. The largest absolute Gasteiger partial charge is 0.299 e. The predicted molar refractivity (Wildman–Crippen MR) is 58.3 cm³/mol. The number of likely N-dealkylation sites (tertiary alicyclic amines) is 1. The Balaban J connectivity index is 1.92. The van der Waals surface area contributed by atoms with Gasteiger partial charge < -0.3 is 0 Å². The Morgan fingerprint density at radius 3 is 3.07 bits per heavy atom. The summed E-state index contributed by atoms with van der Waals surface area (Å²) >= 11 is 5.80. The first kappa shape index (κ1) is 10.8. The first-order valence-corrected chi connectivity index (χ1v) is 5.69. The minimum absolute atomic E-state index is 0.263. The van der Waals surface area contributed by atoms with E-state index in [0.29, 0.717) is 5.92 Å². The van der Waals surface area contributed by atoms with Crippen molar-refractivity contribution in [3.8, 4) is 0 Å². The van der Waals surface area contributed by atoms with Crippen LogP contribution in [0.1, 0.15) is 12.0 Å². The Hall–Kier alpha value is -0.670. The normalized spacial score (nSPS) is 22.1. The number of hydrogen-bond acceptors (Lipinski definition) is 2. The van der Waals surface area contributed by atoms with Crippen molar-refractivity contribution in [2.75, 3.05) is 19.0 Å². The maximum absolute atomic E-state index is 12.9. The maximum atomic E-state index is 12.9. The van der Waals surface area contributed by atoms with Crippen molar-refractivity contribution in [2.45, 2.75) is 13.0 Å². The molecule has 1 aliphatic rings. The Labute approximate surface area is 94.1 Å². The first-order valence-electron chi connectivity index (χ1n) is 5.15. The van der Waals surface area contributed by atoms with Crippen LogP contribution in [0.4, 0.5) is 4.39 Å². The van der Waals surface area contributed by atoms with Crippen LogP contribution in [0.15, 0.2) is 18.5 Å². The average molecular weight is 229 g/mol. The molecule has 1 fully saturated rings. The molecule has 15 heavy (non-hydrogen) atoms. The zero-order valence-corrected chi connectivity index (χ0v) is 9.25. The van der Waals surface area contributed by atoms with E-state index in [2.05, 4.69) is 9.88 Å². The SMILES string of the molecule is Fc1cncc(CN2CCC(CCl)C2)c1. The van der Waals surface area contributed by atoms with Gasteiger partial charge in [0.15, 0.2) is 0 Å². The summed E-state index contributed by atoms with van der Waals surface area (Å²) in [6.07, 6.45) is 4.10. The summed E-state index contributed by atoms with van der Waals surface area (Å²) in [5.41, 5.74) is 0.935. The van der Waals surface area contributed by atoms with E-state index in [-0.39, 0.29) is 5.82 Å². The highest BCUT2D eigenvalue weighted by Crippen LogP contribution is 2.19. The molecule has 1 saturated heterocycles. The number of alkyl halides is 1. The van der Waals surface area contributed by atoms with E-state index in [0.717, 1.165) is 37.5 Å². The van der Waals surface area contributed by atoms with Gasteiger partial charge in [-0.25, -0.2) is 4.39 Å². The molecule has 0 amide bonds. The molecular weight excluding hydrogens is 215 g/mol. The third-order valence-corrected chi connectivity index (χ3v) is 3.19. The molecule has 0 N–H and O–H groups in total. The molecule has 4 heteroatoms. The van der Waals surface area contributed by atoms with Crippen molar-refractivity contribution in [3.05, 3.63) is 29.8 Å². The number of aromatic nitrogens is 1. The molecule has 0 aromatic carbocycles. The maximum Gasteiger partial charge on any atom is 0.141 e. The summed E-state index contributed by atoms with van der Waals surface area (Å²) < 4.78 is 12.9. The topological polar surface area (TPSA) is 16.1 Å². The third kappa shape index (κ3) is 2.89. The van der Waals surface area contributed by atoms with Crippen LogP contribution in [-0.4, -0.2) is 28.9 Å². The van der Waals surface area contributed by atoms with Gasteiger partial charge in [-0.05, 0) is 30.5 Å². The first-order chi connectivity index (χ1) is 7.28. The number of nitrogens with zero attached hydrogens (tertiary/aromatic N) is 2. The van der Waals surface area contributed by atoms with Crippen LogP contribution in [0, 0.1) is 11.7 Å². The Morgan fingerprint density at radius 1 is 1.53 bits per heavy atom. The number of hydrogen-bond donors (Lipinski definition) is 0. The molecular formula is C11H14ClFN2. The highest BCUT2D eigenvalue weighted by atomic mass is 35.5. The van der Waals surface area contributed by atoms with Gasteiger partial charge in [0, 0.05) is 25.2 Å². The zero-order chi connectivity index (χ0) is 10.7. The molecule has 0 bridgehead atoms. The summed E-state index contributed by atoms with van der Waals surface area (Å²) in [6.45, 7) is 2.84. The molecule has 0 saturated carbocycles. The van der Waals surface area contributed by atoms with Crippen LogP contribution in [0.3, 0.4) is 0 Å². The number of halogens is 2. The van der Waals surface area contributed by atoms with E-state index in [9.17, 15) is 4.39 Å². The second-order valence-corrected chi connectivity index (χ2v) is 4.36. The molecule has 1 aromatic rings. The highest BCUT2D eigenvalue weighted by molar-refractivity contribution is 6.18. The van der Waals surface area contributed by atoms with Crippen molar-refractivity contribution in [2.24, 2.45) is 5.92 Å².